The number of halogens is 4. The van der Waals surface area contributed by atoms with Crippen LogP contribution < -0.4 is 4.65 Å². The number of hydrogen-bond acceptors (Lipinski definition) is 3. The van der Waals surface area contributed by atoms with Crippen molar-refractivity contribution in [3.63, 3.8) is 0 Å². The molecule has 0 spiro atoms. The normalized spacial score (nSPS) is 12.5. The zero-order chi connectivity index (χ0) is 16.6. The summed E-state index contributed by atoms with van der Waals surface area (Å²) in [4.78, 5) is 0. The molecule has 3 nitrogen and oxygen atoms in total. The zero-order valence-corrected chi connectivity index (χ0v) is 13.4. The van der Waals surface area contributed by atoms with Gasteiger partial charge in [0.05, 0.1) is 0 Å². The molecule has 118 valence electrons. The van der Waals surface area contributed by atoms with Crippen molar-refractivity contribution in [2.45, 2.75) is 38.9 Å². The van der Waals surface area contributed by atoms with Crippen LogP contribution in [0.2, 0.25) is 18.1 Å². The lowest BCUT2D eigenvalue weighted by Gasteiger charge is -2.36. The van der Waals surface area contributed by atoms with Gasteiger partial charge in [-0.05, 0) is 18.1 Å². The summed E-state index contributed by atoms with van der Waals surface area (Å²) in [6.45, 7) is 9.26. The van der Waals surface area contributed by atoms with E-state index >= 15 is 0 Å². The molecule has 0 aliphatic heterocycles. The van der Waals surface area contributed by atoms with Crippen molar-refractivity contribution in [1.82, 2.24) is 0 Å². The average Bonchev–Trinajstić information content (AvgIpc) is 2.31. The van der Waals surface area contributed by atoms with Crippen molar-refractivity contribution in [1.29, 1.82) is 0 Å². The van der Waals surface area contributed by atoms with Gasteiger partial charge in [-0.3, -0.25) is 0 Å². The molecule has 21 heavy (non-hydrogen) atoms. The van der Waals surface area contributed by atoms with Gasteiger partial charge in [0.25, 0.3) is 0 Å². The van der Waals surface area contributed by atoms with E-state index < -0.39 is 44.7 Å². The Balaban J connectivity index is 2.93. The second-order valence-electron chi connectivity index (χ2n) is 6.10. The highest BCUT2D eigenvalue weighted by Crippen LogP contribution is 2.37. The fraction of sp³-hybridized carbons (Fsp3) is 0.500. The number of rotatable bonds is 4. The molecule has 0 unspecified atom stereocenters. The van der Waals surface area contributed by atoms with Crippen molar-refractivity contribution in [3.05, 3.63) is 29.3 Å². The predicted molar refractivity (Wildman–Crippen MR) is 73.2 cm³/mol. The average molecular weight is 324 g/mol. The van der Waals surface area contributed by atoms with Crippen LogP contribution in [0.5, 0.6) is 5.75 Å². The minimum absolute atomic E-state index is 0.269. The molecule has 0 radical (unpaired) electrons. The maximum absolute atomic E-state index is 13.4. The lowest BCUT2D eigenvalue weighted by molar-refractivity contribution is 0.274. The van der Waals surface area contributed by atoms with Gasteiger partial charge >= 0.3 is 7.32 Å². The van der Waals surface area contributed by atoms with E-state index in [1.807, 2.05) is 20.8 Å². The van der Waals surface area contributed by atoms with E-state index in [0.717, 1.165) is 0 Å². The van der Waals surface area contributed by atoms with Gasteiger partial charge in [-0.1, -0.05) is 20.8 Å². The maximum Gasteiger partial charge on any atom is 0.699 e. The summed E-state index contributed by atoms with van der Waals surface area (Å²) >= 11 is 0. The maximum atomic E-state index is 13.4. The van der Waals surface area contributed by atoms with E-state index in [-0.39, 0.29) is 5.04 Å². The minimum Gasteiger partial charge on any atom is -0.510 e. The Morgan fingerprint density at radius 2 is 1.57 bits per heavy atom. The fourth-order valence-electron chi connectivity index (χ4n) is 1.20. The molecular weight excluding hydrogens is 307 g/mol. The zero-order valence-electron chi connectivity index (χ0n) is 12.4. The van der Waals surface area contributed by atoms with Crippen LogP contribution in [0, 0.1) is 23.3 Å². The second kappa shape index (κ2) is 5.98. The Labute approximate surface area is 122 Å². The lowest BCUT2D eigenvalue weighted by atomic mass is 10.2. The molecule has 1 N–H and O–H groups in total. The van der Waals surface area contributed by atoms with Crippen LogP contribution in [0.1, 0.15) is 20.8 Å². The Morgan fingerprint density at radius 1 is 1.05 bits per heavy atom. The summed E-state index contributed by atoms with van der Waals surface area (Å²) < 4.78 is 62.3. The van der Waals surface area contributed by atoms with Gasteiger partial charge in [-0.25, -0.2) is 13.2 Å². The second-order valence-corrected chi connectivity index (χ2v) is 10.9. The molecular formula is C12H17BF4O3Si. The van der Waals surface area contributed by atoms with Gasteiger partial charge in [0.15, 0.2) is 20.0 Å². The fourth-order valence-corrected chi connectivity index (χ4v) is 2.10. The van der Waals surface area contributed by atoms with Crippen molar-refractivity contribution >= 4 is 15.6 Å². The third kappa shape index (κ3) is 3.98. The van der Waals surface area contributed by atoms with E-state index in [1.165, 1.54) is 0 Å². The van der Waals surface area contributed by atoms with Gasteiger partial charge in [0, 0.05) is 6.07 Å². The molecule has 0 heterocycles. The van der Waals surface area contributed by atoms with Gasteiger partial charge in [0.2, 0.25) is 11.6 Å². The molecule has 1 aromatic rings. The SMILES string of the molecule is CC(C)(C)[Si](C)(C)OB(O)Oc1cc(F)c(F)c(F)c1F. The van der Waals surface area contributed by atoms with Crippen LogP contribution in [0.25, 0.3) is 0 Å². The third-order valence-corrected chi connectivity index (χ3v) is 7.90. The standard InChI is InChI=1S/C12H17BF4O3Si/c1-12(2,3)21(4,5)20-13(18)19-8-6-7(14)9(15)11(17)10(8)16/h6,18H,1-5H3. The van der Waals surface area contributed by atoms with Gasteiger partial charge < -0.3 is 14.0 Å². The van der Waals surface area contributed by atoms with E-state index in [9.17, 15) is 22.6 Å². The first kappa shape index (κ1) is 18.0. The first-order valence-electron chi connectivity index (χ1n) is 6.22. The van der Waals surface area contributed by atoms with Gasteiger partial charge in [0.1, 0.15) is 5.75 Å². The van der Waals surface area contributed by atoms with Crippen LogP contribution in [0.15, 0.2) is 6.07 Å². The summed E-state index contributed by atoms with van der Waals surface area (Å²) in [6.07, 6.45) is 0. The summed E-state index contributed by atoms with van der Waals surface area (Å²) in [5.41, 5.74) is 0. The van der Waals surface area contributed by atoms with E-state index in [0.29, 0.717) is 6.07 Å². The van der Waals surface area contributed by atoms with E-state index in [2.05, 4.69) is 4.65 Å². The minimum atomic E-state index is -2.44. The smallest absolute Gasteiger partial charge is 0.510 e. The summed E-state index contributed by atoms with van der Waals surface area (Å²) in [5, 5.41) is 9.39. The summed E-state index contributed by atoms with van der Waals surface area (Å²) in [7, 11) is -4.35. The molecule has 0 aliphatic rings. The molecule has 0 atom stereocenters. The van der Waals surface area contributed by atoms with Gasteiger partial charge in [-0.15, -0.1) is 0 Å². The Hall–Kier alpha value is -1.06. The quantitative estimate of drug-likeness (QED) is 0.398. The molecule has 0 aromatic heterocycles. The number of benzene rings is 1. The summed E-state index contributed by atoms with van der Waals surface area (Å²) in [5.74, 6) is -8.27. The topological polar surface area (TPSA) is 38.7 Å². The largest absolute Gasteiger partial charge is 0.699 e. The monoisotopic (exact) mass is 324 g/mol. The first-order chi connectivity index (χ1) is 9.36. The summed E-state index contributed by atoms with van der Waals surface area (Å²) in [6, 6.07) is 0.311. The van der Waals surface area contributed by atoms with Crippen molar-refractivity contribution < 1.29 is 31.6 Å². The van der Waals surface area contributed by atoms with Crippen LogP contribution in [0.4, 0.5) is 17.6 Å². The van der Waals surface area contributed by atoms with E-state index in [1.54, 1.807) is 13.1 Å². The molecule has 0 amide bonds. The molecule has 0 fully saturated rings. The Morgan fingerprint density at radius 3 is 2.05 bits per heavy atom. The van der Waals surface area contributed by atoms with Gasteiger partial charge in [-0.2, -0.15) is 4.39 Å². The van der Waals surface area contributed by atoms with Crippen molar-refractivity contribution in [2.24, 2.45) is 0 Å². The molecule has 0 saturated carbocycles. The highest BCUT2D eigenvalue weighted by Gasteiger charge is 2.42. The van der Waals surface area contributed by atoms with Crippen molar-refractivity contribution in [3.8, 4) is 5.75 Å². The molecule has 9 heteroatoms. The van der Waals surface area contributed by atoms with Crippen LogP contribution >= 0.6 is 0 Å². The predicted octanol–water partition coefficient (Wildman–Crippen LogP) is 3.62. The van der Waals surface area contributed by atoms with Crippen molar-refractivity contribution in [2.75, 3.05) is 0 Å². The van der Waals surface area contributed by atoms with Crippen LogP contribution in [-0.4, -0.2) is 20.7 Å². The molecule has 0 saturated heterocycles. The third-order valence-electron chi connectivity index (χ3n) is 3.50. The molecule has 0 bridgehead atoms. The van der Waals surface area contributed by atoms with Crippen LogP contribution in [-0.2, 0) is 4.34 Å². The van der Waals surface area contributed by atoms with Crippen LogP contribution in [0.3, 0.4) is 0 Å². The highest BCUT2D eigenvalue weighted by molar-refractivity contribution is 6.78. The first-order valence-corrected chi connectivity index (χ1v) is 9.13. The highest BCUT2D eigenvalue weighted by atomic mass is 28.4. The Bertz CT molecular complexity index is 534. The lowest BCUT2D eigenvalue weighted by Crippen LogP contribution is -2.47. The molecule has 0 aliphatic carbocycles. The molecule has 1 rings (SSSR count). The number of hydrogen-bond donors (Lipinski definition) is 1. The Kier molecular flexibility index (Phi) is 5.12. The molecule has 1 aromatic carbocycles. The van der Waals surface area contributed by atoms with E-state index in [4.69, 9.17) is 4.34 Å².